The van der Waals surface area contributed by atoms with Crippen molar-refractivity contribution in [3.05, 3.63) is 59.3 Å². The number of nitrogens with one attached hydrogen (secondary N) is 1. The molecular formula is C15H15FN4. The average Bonchev–Trinajstić information content (AvgIpc) is 2.77. The van der Waals surface area contributed by atoms with Crippen LogP contribution in [0.4, 0.5) is 10.1 Å². The van der Waals surface area contributed by atoms with Crippen LogP contribution in [0, 0.1) is 19.7 Å². The zero-order valence-corrected chi connectivity index (χ0v) is 11.4. The second kappa shape index (κ2) is 4.92. The van der Waals surface area contributed by atoms with Gasteiger partial charge in [0.2, 0.25) is 0 Å². The minimum Gasteiger partial charge on any atom is -0.381 e. The van der Waals surface area contributed by atoms with Gasteiger partial charge in [0.25, 0.3) is 0 Å². The van der Waals surface area contributed by atoms with Gasteiger partial charge in [-0.05, 0) is 37.6 Å². The van der Waals surface area contributed by atoms with E-state index in [4.69, 9.17) is 0 Å². The molecule has 2 aromatic heterocycles. The molecule has 3 aromatic rings. The molecule has 0 atom stereocenters. The van der Waals surface area contributed by atoms with Crippen LogP contribution in [0.15, 0.2) is 36.7 Å². The number of hydrogen-bond acceptors (Lipinski definition) is 3. The van der Waals surface area contributed by atoms with E-state index in [1.165, 1.54) is 12.1 Å². The Bertz CT molecular complexity index is 764. The van der Waals surface area contributed by atoms with Gasteiger partial charge in [0.1, 0.15) is 5.82 Å². The fourth-order valence-electron chi connectivity index (χ4n) is 2.15. The molecule has 5 heteroatoms. The highest BCUT2D eigenvalue weighted by atomic mass is 19.1. The number of halogens is 1. The van der Waals surface area contributed by atoms with Gasteiger partial charge in [0.05, 0.1) is 5.69 Å². The Morgan fingerprint density at radius 1 is 1.25 bits per heavy atom. The number of fused-ring (bicyclic) bond motifs is 1. The Hall–Kier alpha value is -2.43. The first-order valence-electron chi connectivity index (χ1n) is 6.43. The predicted molar refractivity (Wildman–Crippen MR) is 76.2 cm³/mol. The van der Waals surface area contributed by atoms with Gasteiger partial charge in [-0.3, -0.25) is 0 Å². The van der Waals surface area contributed by atoms with Crippen LogP contribution in [0.5, 0.6) is 0 Å². The second-order valence-corrected chi connectivity index (χ2v) is 4.86. The zero-order chi connectivity index (χ0) is 14.1. The number of hydrogen-bond donors (Lipinski definition) is 1. The lowest BCUT2D eigenvalue weighted by molar-refractivity contribution is 0.627. The van der Waals surface area contributed by atoms with Crippen molar-refractivity contribution in [2.75, 3.05) is 5.32 Å². The first kappa shape index (κ1) is 12.6. The van der Waals surface area contributed by atoms with Gasteiger partial charge in [0.15, 0.2) is 5.65 Å². The van der Waals surface area contributed by atoms with Crippen LogP contribution >= 0.6 is 0 Å². The van der Waals surface area contributed by atoms with E-state index in [1.807, 2.05) is 32.3 Å². The van der Waals surface area contributed by atoms with Crippen LogP contribution in [-0.2, 0) is 6.54 Å². The molecule has 1 N–H and O–H groups in total. The van der Waals surface area contributed by atoms with Crippen molar-refractivity contribution in [1.29, 1.82) is 0 Å². The third kappa shape index (κ3) is 2.47. The molecule has 20 heavy (non-hydrogen) atoms. The summed E-state index contributed by atoms with van der Waals surface area (Å²) >= 11 is 0. The standard InChI is InChI=1S/C15H15FN4/c1-10-5-13(16)3-4-14(10)17-7-12-8-18-15-6-11(2)19-20(15)9-12/h3-6,8-9,17H,7H2,1-2H3. The van der Waals surface area contributed by atoms with Crippen molar-refractivity contribution in [3.8, 4) is 0 Å². The van der Waals surface area contributed by atoms with Crippen molar-refractivity contribution in [2.24, 2.45) is 0 Å². The van der Waals surface area contributed by atoms with Gasteiger partial charge in [-0.15, -0.1) is 0 Å². The molecule has 0 bridgehead atoms. The Labute approximate surface area is 116 Å². The van der Waals surface area contributed by atoms with Gasteiger partial charge < -0.3 is 5.32 Å². The highest BCUT2D eigenvalue weighted by molar-refractivity contribution is 5.51. The fourth-order valence-corrected chi connectivity index (χ4v) is 2.15. The first-order valence-corrected chi connectivity index (χ1v) is 6.43. The van der Waals surface area contributed by atoms with E-state index < -0.39 is 0 Å². The van der Waals surface area contributed by atoms with E-state index in [2.05, 4.69) is 15.4 Å². The number of benzene rings is 1. The molecule has 0 radical (unpaired) electrons. The number of anilines is 1. The van der Waals surface area contributed by atoms with E-state index in [9.17, 15) is 4.39 Å². The summed E-state index contributed by atoms with van der Waals surface area (Å²) in [5, 5.41) is 7.61. The van der Waals surface area contributed by atoms with Crippen LogP contribution in [0.1, 0.15) is 16.8 Å². The minimum absolute atomic E-state index is 0.219. The molecule has 0 aliphatic carbocycles. The summed E-state index contributed by atoms with van der Waals surface area (Å²) < 4.78 is 14.8. The maximum Gasteiger partial charge on any atom is 0.155 e. The molecule has 0 aliphatic rings. The van der Waals surface area contributed by atoms with E-state index in [0.717, 1.165) is 28.2 Å². The Morgan fingerprint density at radius 3 is 2.90 bits per heavy atom. The van der Waals surface area contributed by atoms with Crippen LogP contribution in [0.25, 0.3) is 5.65 Å². The molecule has 0 saturated carbocycles. The van der Waals surface area contributed by atoms with Crippen LogP contribution in [0.3, 0.4) is 0 Å². The lowest BCUT2D eigenvalue weighted by Crippen LogP contribution is -2.03. The maximum absolute atomic E-state index is 13.0. The largest absolute Gasteiger partial charge is 0.381 e. The van der Waals surface area contributed by atoms with E-state index in [1.54, 1.807) is 10.6 Å². The molecule has 0 unspecified atom stereocenters. The van der Waals surface area contributed by atoms with E-state index >= 15 is 0 Å². The van der Waals surface area contributed by atoms with Crippen molar-refractivity contribution >= 4 is 11.3 Å². The van der Waals surface area contributed by atoms with Gasteiger partial charge in [-0.25, -0.2) is 13.9 Å². The third-order valence-corrected chi connectivity index (χ3v) is 3.16. The summed E-state index contributed by atoms with van der Waals surface area (Å²) in [5.41, 5.74) is 4.60. The summed E-state index contributed by atoms with van der Waals surface area (Å²) in [6.45, 7) is 4.44. The minimum atomic E-state index is -0.219. The molecule has 0 fully saturated rings. The molecule has 102 valence electrons. The lowest BCUT2D eigenvalue weighted by Gasteiger charge is -2.09. The molecule has 0 spiro atoms. The first-order chi connectivity index (χ1) is 9.61. The zero-order valence-electron chi connectivity index (χ0n) is 11.4. The molecule has 3 rings (SSSR count). The van der Waals surface area contributed by atoms with Crippen molar-refractivity contribution < 1.29 is 4.39 Å². The molecule has 0 aliphatic heterocycles. The summed E-state index contributed by atoms with van der Waals surface area (Å²) in [7, 11) is 0. The predicted octanol–water partition coefficient (Wildman–Crippen LogP) is 3.10. The van der Waals surface area contributed by atoms with Crippen molar-refractivity contribution in [3.63, 3.8) is 0 Å². The molecule has 2 heterocycles. The topological polar surface area (TPSA) is 42.2 Å². The van der Waals surface area contributed by atoms with E-state index in [-0.39, 0.29) is 5.82 Å². The molecule has 1 aromatic carbocycles. The number of aryl methyl sites for hydroxylation is 2. The maximum atomic E-state index is 13.0. The number of aromatic nitrogens is 3. The average molecular weight is 270 g/mol. The van der Waals surface area contributed by atoms with Crippen LogP contribution in [0.2, 0.25) is 0 Å². The highest BCUT2D eigenvalue weighted by Crippen LogP contribution is 2.16. The van der Waals surface area contributed by atoms with Gasteiger partial charge in [-0.2, -0.15) is 5.10 Å². The van der Waals surface area contributed by atoms with Gasteiger partial charge in [0, 0.05) is 36.3 Å². The normalized spacial score (nSPS) is 10.9. The number of nitrogens with zero attached hydrogens (tertiary/aromatic N) is 3. The molecule has 0 saturated heterocycles. The summed E-state index contributed by atoms with van der Waals surface area (Å²) in [6, 6.07) is 6.64. The Morgan fingerprint density at radius 2 is 2.10 bits per heavy atom. The Balaban J connectivity index is 1.79. The van der Waals surface area contributed by atoms with Gasteiger partial charge in [-0.1, -0.05) is 0 Å². The quantitative estimate of drug-likeness (QED) is 0.795. The molecule has 4 nitrogen and oxygen atoms in total. The Kier molecular flexibility index (Phi) is 3.10. The number of rotatable bonds is 3. The van der Waals surface area contributed by atoms with Crippen molar-refractivity contribution in [1.82, 2.24) is 14.6 Å². The third-order valence-electron chi connectivity index (χ3n) is 3.16. The SMILES string of the molecule is Cc1cc2ncc(CNc3ccc(F)cc3C)cn2n1. The second-order valence-electron chi connectivity index (χ2n) is 4.86. The van der Waals surface area contributed by atoms with Gasteiger partial charge >= 0.3 is 0 Å². The summed E-state index contributed by atoms with van der Waals surface area (Å²) in [5.74, 6) is -0.219. The monoisotopic (exact) mass is 270 g/mol. The van der Waals surface area contributed by atoms with E-state index in [0.29, 0.717) is 6.54 Å². The smallest absolute Gasteiger partial charge is 0.155 e. The highest BCUT2D eigenvalue weighted by Gasteiger charge is 2.03. The lowest BCUT2D eigenvalue weighted by atomic mass is 10.2. The summed E-state index contributed by atoms with van der Waals surface area (Å²) in [4.78, 5) is 4.35. The fraction of sp³-hybridized carbons (Fsp3) is 0.200. The summed E-state index contributed by atoms with van der Waals surface area (Å²) in [6.07, 6.45) is 3.77. The molecule has 0 amide bonds. The van der Waals surface area contributed by atoms with Crippen molar-refractivity contribution in [2.45, 2.75) is 20.4 Å². The van der Waals surface area contributed by atoms with Crippen LogP contribution < -0.4 is 5.32 Å². The molecular weight excluding hydrogens is 255 g/mol. The van der Waals surface area contributed by atoms with Crippen LogP contribution in [-0.4, -0.2) is 14.6 Å².